The number of fused-ring (bicyclic) bond motifs is 1. The molecule has 0 spiro atoms. The van der Waals surface area contributed by atoms with Crippen LogP contribution in [0.25, 0.3) is 0 Å². The van der Waals surface area contributed by atoms with E-state index < -0.39 is 22.0 Å². The van der Waals surface area contributed by atoms with E-state index in [9.17, 15) is 23.6 Å². The Morgan fingerprint density at radius 1 is 1.41 bits per heavy atom. The number of anilines is 1. The van der Waals surface area contributed by atoms with Crippen LogP contribution in [0.3, 0.4) is 0 Å². The predicted molar refractivity (Wildman–Crippen MR) is 102 cm³/mol. The fourth-order valence-electron chi connectivity index (χ4n) is 3.43. The second kappa shape index (κ2) is 8.49. The summed E-state index contributed by atoms with van der Waals surface area (Å²) >= 11 is 0. The predicted octanol–water partition coefficient (Wildman–Crippen LogP) is 1.70. The van der Waals surface area contributed by atoms with Crippen LogP contribution >= 0.6 is 0 Å². The summed E-state index contributed by atoms with van der Waals surface area (Å²) in [5, 5.41) is 22.7. The van der Waals surface area contributed by atoms with Crippen LogP contribution in [0.2, 0.25) is 0 Å². The van der Waals surface area contributed by atoms with Crippen molar-refractivity contribution in [1.82, 2.24) is 14.5 Å². The van der Waals surface area contributed by atoms with Crippen molar-refractivity contribution in [2.75, 3.05) is 11.8 Å². The largest absolute Gasteiger partial charge is 0.465 e. The zero-order chi connectivity index (χ0) is 21.2. The Morgan fingerprint density at radius 2 is 2.17 bits per heavy atom. The summed E-state index contributed by atoms with van der Waals surface area (Å²) in [6.07, 6.45) is 3.58. The summed E-state index contributed by atoms with van der Waals surface area (Å²) in [5.74, 6) is -0.397. The first kappa shape index (κ1) is 21.2. The molecule has 1 aromatic carbocycles. The lowest BCUT2D eigenvalue weighted by Crippen LogP contribution is -2.31. The van der Waals surface area contributed by atoms with Crippen molar-refractivity contribution in [3.63, 3.8) is 0 Å². The summed E-state index contributed by atoms with van der Waals surface area (Å²) in [5.41, 5.74) is 2.01. The molecule has 1 unspecified atom stereocenters. The number of sulfonamides is 1. The Hall–Kier alpha value is -2.47. The summed E-state index contributed by atoms with van der Waals surface area (Å²) < 4.78 is 34.9. The Morgan fingerprint density at radius 3 is 2.86 bits per heavy atom. The monoisotopic (exact) mass is 424 g/mol. The zero-order valence-corrected chi connectivity index (χ0v) is 17.0. The minimum atomic E-state index is -3.93. The second-order valence-corrected chi connectivity index (χ2v) is 8.53. The third kappa shape index (κ3) is 4.58. The standard InChI is InChI=1S/C18H24N4O6S/c1-3-28-18(23)11-21-16-6-4-5-15(14(16)10-19-21)20-29(26,27)13-8-7-12(2)17(9-13)22(24)25/h7-10,15,20,24-25H,3-6,11H2,1-2H3. The lowest BCUT2D eigenvalue weighted by Gasteiger charge is -2.24. The van der Waals surface area contributed by atoms with E-state index in [1.54, 1.807) is 24.7 Å². The van der Waals surface area contributed by atoms with Gasteiger partial charge in [0, 0.05) is 11.3 Å². The summed E-state index contributed by atoms with van der Waals surface area (Å²) in [6, 6.07) is 3.58. The Kier molecular flexibility index (Phi) is 6.22. The molecular weight excluding hydrogens is 400 g/mol. The van der Waals surface area contributed by atoms with Crippen LogP contribution in [0.15, 0.2) is 29.3 Å². The molecule has 3 rings (SSSR count). The number of esters is 1. The summed E-state index contributed by atoms with van der Waals surface area (Å²) in [4.78, 5) is 11.7. The van der Waals surface area contributed by atoms with E-state index in [0.717, 1.165) is 17.7 Å². The van der Waals surface area contributed by atoms with Gasteiger partial charge in [0.25, 0.3) is 0 Å². The molecule has 0 fully saturated rings. The molecule has 1 aromatic heterocycles. The minimum absolute atomic E-state index is 0.0210. The second-order valence-electron chi connectivity index (χ2n) is 6.81. The molecule has 0 saturated carbocycles. The number of carbonyl (C=O) groups is 1. The molecule has 0 amide bonds. The van der Waals surface area contributed by atoms with Gasteiger partial charge in [0.15, 0.2) is 0 Å². The molecule has 1 aliphatic rings. The van der Waals surface area contributed by atoms with Gasteiger partial charge in [-0.05, 0) is 50.8 Å². The first-order valence-corrected chi connectivity index (χ1v) is 10.7. The van der Waals surface area contributed by atoms with Crippen molar-refractivity contribution in [2.45, 2.75) is 50.6 Å². The number of rotatable bonds is 7. The highest BCUT2D eigenvalue weighted by atomic mass is 32.2. The molecule has 3 N–H and O–H groups in total. The summed E-state index contributed by atoms with van der Waals surface area (Å²) in [6.45, 7) is 3.61. The average molecular weight is 424 g/mol. The van der Waals surface area contributed by atoms with Gasteiger partial charge in [-0.15, -0.1) is 5.23 Å². The van der Waals surface area contributed by atoms with E-state index in [0.29, 0.717) is 18.4 Å². The van der Waals surface area contributed by atoms with Crippen LogP contribution in [0, 0.1) is 6.92 Å². The van der Waals surface area contributed by atoms with Crippen molar-refractivity contribution in [2.24, 2.45) is 0 Å². The Balaban J connectivity index is 1.84. The number of nitrogens with one attached hydrogen (secondary N) is 1. The summed E-state index contributed by atoms with van der Waals surface area (Å²) in [7, 11) is -3.93. The van der Waals surface area contributed by atoms with E-state index in [1.165, 1.54) is 18.2 Å². The van der Waals surface area contributed by atoms with Crippen LogP contribution < -0.4 is 9.95 Å². The zero-order valence-electron chi connectivity index (χ0n) is 16.2. The normalized spacial score (nSPS) is 16.3. The molecule has 158 valence electrons. The van der Waals surface area contributed by atoms with Gasteiger partial charge in [-0.1, -0.05) is 6.07 Å². The van der Waals surface area contributed by atoms with Crippen molar-refractivity contribution >= 4 is 21.7 Å². The number of nitrogens with zero attached hydrogens (tertiary/aromatic N) is 3. The molecule has 1 heterocycles. The van der Waals surface area contributed by atoms with Gasteiger partial charge < -0.3 is 4.74 Å². The maximum absolute atomic E-state index is 12.9. The van der Waals surface area contributed by atoms with Crippen LogP contribution in [0.5, 0.6) is 0 Å². The number of benzene rings is 1. The molecule has 1 atom stereocenters. The van der Waals surface area contributed by atoms with E-state index in [2.05, 4.69) is 9.82 Å². The Labute approximate surface area is 168 Å². The van der Waals surface area contributed by atoms with E-state index in [1.807, 2.05) is 0 Å². The molecule has 2 aromatic rings. The van der Waals surface area contributed by atoms with Gasteiger partial charge in [0.1, 0.15) is 6.54 Å². The third-order valence-electron chi connectivity index (χ3n) is 4.85. The van der Waals surface area contributed by atoms with Gasteiger partial charge in [-0.3, -0.25) is 19.9 Å². The molecule has 29 heavy (non-hydrogen) atoms. The highest BCUT2D eigenvalue weighted by molar-refractivity contribution is 7.89. The van der Waals surface area contributed by atoms with Gasteiger partial charge in [-0.25, -0.2) is 13.1 Å². The van der Waals surface area contributed by atoms with Crippen molar-refractivity contribution < 1.29 is 28.4 Å². The molecule has 1 aliphatic carbocycles. The van der Waals surface area contributed by atoms with E-state index in [-0.39, 0.29) is 29.0 Å². The number of aromatic nitrogens is 2. The van der Waals surface area contributed by atoms with E-state index >= 15 is 0 Å². The van der Waals surface area contributed by atoms with Crippen molar-refractivity contribution in [3.05, 3.63) is 41.2 Å². The molecule has 0 saturated heterocycles. The van der Waals surface area contributed by atoms with Crippen LogP contribution in [-0.2, 0) is 32.5 Å². The number of aryl methyl sites for hydroxylation is 1. The smallest absolute Gasteiger partial charge is 0.327 e. The van der Waals surface area contributed by atoms with Gasteiger partial charge in [0.2, 0.25) is 10.0 Å². The van der Waals surface area contributed by atoms with Crippen molar-refractivity contribution in [3.8, 4) is 0 Å². The van der Waals surface area contributed by atoms with Crippen LogP contribution in [0.4, 0.5) is 5.69 Å². The first-order valence-electron chi connectivity index (χ1n) is 9.24. The molecular formula is C18H24N4O6S. The SMILES string of the molecule is CCOC(=O)Cn1ncc2c1CCCC2NS(=O)(=O)c1ccc(C)c(N(O)O)c1. The molecule has 0 radical (unpaired) electrons. The quantitative estimate of drug-likeness (QED) is 0.452. The number of ether oxygens (including phenoxy) is 1. The fourth-order valence-corrected chi connectivity index (χ4v) is 4.70. The van der Waals surface area contributed by atoms with Crippen LogP contribution in [0.1, 0.15) is 42.6 Å². The fraction of sp³-hybridized carbons (Fsp3) is 0.444. The maximum atomic E-state index is 12.9. The van der Waals surface area contributed by atoms with Gasteiger partial charge in [0.05, 0.1) is 29.4 Å². The Bertz CT molecular complexity index is 1000. The number of carbonyl (C=O) groups excluding carboxylic acids is 1. The lowest BCUT2D eigenvalue weighted by atomic mass is 9.94. The first-order chi connectivity index (χ1) is 13.7. The molecule has 0 aliphatic heterocycles. The van der Waals surface area contributed by atoms with Gasteiger partial charge >= 0.3 is 5.97 Å². The van der Waals surface area contributed by atoms with Gasteiger partial charge in [-0.2, -0.15) is 5.10 Å². The van der Waals surface area contributed by atoms with Crippen LogP contribution in [-0.4, -0.2) is 41.2 Å². The van der Waals surface area contributed by atoms with Crippen molar-refractivity contribution in [1.29, 1.82) is 0 Å². The molecule has 11 heteroatoms. The third-order valence-corrected chi connectivity index (χ3v) is 6.32. The number of hydrogen-bond acceptors (Lipinski definition) is 8. The molecule has 0 bridgehead atoms. The topological polar surface area (TPSA) is 134 Å². The van der Waals surface area contributed by atoms with E-state index in [4.69, 9.17) is 4.74 Å². The lowest BCUT2D eigenvalue weighted by molar-refractivity contribution is -0.144. The highest BCUT2D eigenvalue weighted by Gasteiger charge is 2.29. The number of hydrogen-bond donors (Lipinski definition) is 3. The maximum Gasteiger partial charge on any atom is 0.327 e. The highest BCUT2D eigenvalue weighted by Crippen LogP contribution is 2.31. The average Bonchev–Trinajstić information content (AvgIpc) is 3.05. The minimum Gasteiger partial charge on any atom is -0.465 e. The molecule has 10 nitrogen and oxygen atoms in total.